The Labute approximate surface area is 71.5 Å². The maximum absolute atomic E-state index is 10.2. The van der Waals surface area contributed by atoms with Gasteiger partial charge in [-0.2, -0.15) is 0 Å². The number of aldehydes is 1. The van der Waals surface area contributed by atoms with Crippen molar-refractivity contribution in [2.75, 3.05) is 14.2 Å². The smallest absolute Gasteiger partial charge is 0.232 e. The maximum Gasteiger partial charge on any atom is 0.232 e. The van der Waals surface area contributed by atoms with Gasteiger partial charge in [-0.25, -0.2) is 0 Å². The quantitative estimate of drug-likeness (QED) is 0.476. The Morgan fingerprint density at radius 1 is 1.58 bits per heavy atom. The molecule has 0 radical (unpaired) electrons. The maximum atomic E-state index is 10.2. The standard InChI is InChI=1S/C7H8NO2.CH5N/c1-10-8-4-2-3-7(5-8)6-9;1-2/h2-6H,1H3;2H2,1H3/q+1;. The number of hydrogen-bond acceptors (Lipinski definition) is 3. The van der Waals surface area contributed by atoms with E-state index in [0.29, 0.717) is 5.56 Å². The Morgan fingerprint density at radius 2 is 2.25 bits per heavy atom. The van der Waals surface area contributed by atoms with Crippen molar-refractivity contribution in [1.29, 1.82) is 0 Å². The van der Waals surface area contributed by atoms with Gasteiger partial charge in [0.2, 0.25) is 12.4 Å². The van der Waals surface area contributed by atoms with Crippen LogP contribution in [0.5, 0.6) is 0 Å². The number of pyridine rings is 1. The lowest BCUT2D eigenvalue weighted by molar-refractivity contribution is -0.885. The van der Waals surface area contributed by atoms with Crippen LogP contribution in [0.15, 0.2) is 24.5 Å². The molecule has 1 aromatic heterocycles. The van der Waals surface area contributed by atoms with Gasteiger partial charge in [0.25, 0.3) is 0 Å². The van der Waals surface area contributed by atoms with E-state index < -0.39 is 0 Å². The summed E-state index contributed by atoms with van der Waals surface area (Å²) in [7, 11) is 3.04. The average Bonchev–Trinajstić information content (AvgIpc) is 2.21. The van der Waals surface area contributed by atoms with E-state index in [1.807, 2.05) is 0 Å². The number of hydrogen-bond donors (Lipinski definition) is 1. The lowest BCUT2D eigenvalue weighted by Crippen LogP contribution is -2.39. The molecule has 1 aromatic rings. The van der Waals surface area contributed by atoms with Crippen LogP contribution in [-0.4, -0.2) is 20.4 Å². The summed E-state index contributed by atoms with van der Waals surface area (Å²) in [5.74, 6) is 0. The summed E-state index contributed by atoms with van der Waals surface area (Å²) in [6.45, 7) is 0. The summed E-state index contributed by atoms with van der Waals surface area (Å²) in [6.07, 6.45) is 4.09. The topological polar surface area (TPSA) is 56.2 Å². The molecule has 0 bridgehead atoms. The average molecular weight is 169 g/mol. The molecular weight excluding hydrogens is 156 g/mol. The van der Waals surface area contributed by atoms with Crippen molar-refractivity contribution >= 4 is 6.29 Å². The molecule has 1 rings (SSSR count). The molecule has 66 valence electrons. The molecule has 0 atom stereocenters. The van der Waals surface area contributed by atoms with Crippen LogP contribution >= 0.6 is 0 Å². The number of carbonyl (C=O) groups excluding carboxylic acids is 1. The molecule has 0 fully saturated rings. The number of nitrogens with zero attached hydrogens (tertiary/aromatic N) is 1. The molecule has 4 nitrogen and oxygen atoms in total. The first kappa shape index (κ1) is 10.6. The Hall–Kier alpha value is -1.42. The first-order chi connectivity index (χ1) is 5.86. The summed E-state index contributed by atoms with van der Waals surface area (Å²) in [4.78, 5) is 15.0. The molecular formula is C8H13N2O2+. The molecule has 1 heterocycles. The second kappa shape index (κ2) is 6.30. The molecule has 0 amide bonds. The van der Waals surface area contributed by atoms with Crippen LogP contribution in [-0.2, 0) is 0 Å². The number of rotatable bonds is 2. The minimum absolute atomic E-state index is 0.601. The van der Waals surface area contributed by atoms with Gasteiger partial charge in [0.05, 0.1) is 5.56 Å². The summed E-state index contributed by atoms with van der Waals surface area (Å²) in [5, 5.41) is 0. The van der Waals surface area contributed by atoms with E-state index in [2.05, 4.69) is 5.73 Å². The fraction of sp³-hybridized carbons (Fsp3) is 0.250. The number of nitrogens with two attached hydrogens (primary N) is 1. The minimum atomic E-state index is 0.601. The first-order valence-electron chi connectivity index (χ1n) is 3.45. The molecule has 0 saturated heterocycles. The minimum Gasteiger partial charge on any atom is -0.333 e. The van der Waals surface area contributed by atoms with Gasteiger partial charge in [0.1, 0.15) is 7.11 Å². The van der Waals surface area contributed by atoms with Crippen molar-refractivity contribution in [2.45, 2.75) is 0 Å². The molecule has 12 heavy (non-hydrogen) atoms. The molecule has 0 unspecified atom stereocenters. The zero-order chi connectivity index (χ0) is 9.40. The largest absolute Gasteiger partial charge is 0.333 e. The molecule has 4 heteroatoms. The summed E-state index contributed by atoms with van der Waals surface area (Å²) >= 11 is 0. The third-order valence-corrected chi connectivity index (χ3v) is 1.14. The van der Waals surface area contributed by atoms with Crippen molar-refractivity contribution in [1.82, 2.24) is 0 Å². The molecule has 0 aromatic carbocycles. The molecule has 0 saturated carbocycles. The zero-order valence-corrected chi connectivity index (χ0v) is 7.23. The van der Waals surface area contributed by atoms with Gasteiger partial charge in [0, 0.05) is 10.8 Å². The molecule has 0 aliphatic rings. The van der Waals surface area contributed by atoms with E-state index >= 15 is 0 Å². The highest BCUT2D eigenvalue weighted by Gasteiger charge is 1.98. The lowest BCUT2D eigenvalue weighted by Gasteiger charge is -1.88. The van der Waals surface area contributed by atoms with Crippen molar-refractivity contribution in [3.8, 4) is 0 Å². The highest BCUT2D eigenvalue weighted by atomic mass is 16.6. The van der Waals surface area contributed by atoms with Gasteiger partial charge in [-0.3, -0.25) is 9.63 Å². The Morgan fingerprint density at radius 3 is 2.75 bits per heavy atom. The first-order valence-corrected chi connectivity index (χ1v) is 3.45. The van der Waals surface area contributed by atoms with Crippen molar-refractivity contribution in [3.63, 3.8) is 0 Å². The normalized spacial score (nSPS) is 7.92. The van der Waals surface area contributed by atoms with Crippen molar-refractivity contribution in [3.05, 3.63) is 30.1 Å². The van der Waals surface area contributed by atoms with E-state index in [1.165, 1.54) is 18.9 Å². The van der Waals surface area contributed by atoms with Gasteiger partial charge < -0.3 is 5.73 Å². The predicted molar refractivity (Wildman–Crippen MR) is 44.6 cm³/mol. The molecule has 0 spiro atoms. The van der Waals surface area contributed by atoms with Gasteiger partial charge in [-0.15, -0.1) is 0 Å². The fourth-order valence-electron chi connectivity index (χ4n) is 0.655. The van der Waals surface area contributed by atoms with Crippen LogP contribution in [0.2, 0.25) is 0 Å². The highest BCUT2D eigenvalue weighted by molar-refractivity contribution is 5.73. The van der Waals surface area contributed by atoms with Gasteiger partial charge in [-0.05, 0) is 13.1 Å². The van der Waals surface area contributed by atoms with Crippen LogP contribution in [0.25, 0.3) is 0 Å². The van der Waals surface area contributed by atoms with Crippen molar-refractivity contribution in [2.24, 2.45) is 5.73 Å². The summed E-state index contributed by atoms with van der Waals surface area (Å²) in [6, 6.07) is 3.45. The highest BCUT2D eigenvalue weighted by Crippen LogP contribution is 1.86. The summed E-state index contributed by atoms with van der Waals surface area (Å²) < 4.78 is 1.46. The van der Waals surface area contributed by atoms with Gasteiger partial charge >= 0.3 is 0 Å². The Bertz CT molecular complexity index is 238. The Balaban J connectivity index is 0.000000561. The zero-order valence-electron chi connectivity index (χ0n) is 7.23. The number of aromatic nitrogens is 1. The van der Waals surface area contributed by atoms with Crippen LogP contribution in [0.3, 0.4) is 0 Å². The fourth-order valence-corrected chi connectivity index (χ4v) is 0.655. The SMILES string of the molecule is CN.CO[n+]1cccc(C=O)c1. The summed E-state index contributed by atoms with van der Waals surface area (Å²) in [5.41, 5.74) is 5.10. The molecule has 2 N–H and O–H groups in total. The molecule has 0 aliphatic carbocycles. The third kappa shape index (κ3) is 3.12. The van der Waals surface area contributed by atoms with Crippen LogP contribution in [0.1, 0.15) is 10.4 Å². The number of carbonyl (C=O) groups is 1. The van der Waals surface area contributed by atoms with Gasteiger partial charge in [0.15, 0.2) is 6.29 Å². The Kier molecular flexibility index (Phi) is 5.55. The van der Waals surface area contributed by atoms with E-state index in [9.17, 15) is 4.79 Å². The third-order valence-electron chi connectivity index (χ3n) is 1.14. The lowest BCUT2D eigenvalue weighted by atomic mass is 10.3. The van der Waals surface area contributed by atoms with E-state index in [0.717, 1.165) is 6.29 Å². The van der Waals surface area contributed by atoms with E-state index in [4.69, 9.17) is 4.84 Å². The van der Waals surface area contributed by atoms with Gasteiger partial charge in [-0.1, -0.05) is 0 Å². The van der Waals surface area contributed by atoms with E-state index in [1.54, 1.807) is 24.5 Å². The molecule has 0 aliphatic heterocycles. The van der Waals surface area contributed by atoms with Crippen LogP contribution in [0.4, 0.5) is 0 Å². The second-order valence-corrected chi connectivity index (χ2v) is 1.80. The predicted octanol–water partition coefficient (Wildman–Crippen LogP) is -0.580. The van der Waals surface area contributed by atoms with E-state index in [-0.39, 0.29) is 0 Å². The van der Waals surface area contributed by atoms with Crippen molar-refractivity contribution < 1.29 is 14.4 Å². The van der Waals surface area contributed by atoms with Crippen LogP contribution in [0, 0.1) is 0 Å². The van der Waals surface area contributed by atoms with Crippen LogP contribution < -0.4 is 15.3 Å². The second-order valence-electron chi connectivity index (χ2n) is 1.80. The monoisotopic (exact) mass is 169 g/mol.